The van der Waals surface area contributed by atoms with E-state index in [1.165, 1.54) is 0 Å². The number of aromatic nitrogens is 2. The molecule has 0 aliphatic carbocycles. The number of ether oxygens (including phenoxy) is 1. The van der Waals surface area contributed by atoms with Crippen LogP contribution in [0.2, 0.25) is 0 Å². The minimum Gasteiger partial charge on any atom is -0.381 e. The first-order valence-electron chi connectivity index (χ1n) is 3.98. The number of anilines is 1. The van der Waals surface area contributed by atoms with Gasteiger partial charge >= 0.3 is 0 Å². The van der Waals surface area contributed by atoms with Crippen molar-refractivity contribution in [2.75, 3.05) is 12.8 Å². The molecule has 0 aliphatic heterocycles. The van der Waals surface area contributed by atoms with E-state index in [0.717, 1.165) is 4.47 Å². The molecule has 0 saturated carbocycles. The summed E-state index contributed by atoms with van der Waals surface area (Å²) in [5.74, 6) is 0.506. The van der Waals surface area contributed by atoms with Crippen molar-refractivity contribution in [3.8, 4) is 0 Å². The van der Waals surface area contributed by atoms with Crippen LogP contribution in [-0.4, -0.2) is 22.5 Å². The van der Waals surface area contributed by atoms with E-state index in [2.05, 4.69) is 21.0 Å². The van der Waals surface area contributed by atoms with Gasteiger partial charge in [0.15, 0.2) is 5.82 Å². The zero-order chi connectivity index (χ0) is 10.1. The molecule has 74 valence electrons. The molecule has 1 aromatic rings. The Labute approximate surface area is 86.2 Å². The van der Waals surface area contributed by atoms with Gasteiger partial charge in [-0.25, -0.2) is 0 Å². The van der Waals surface area contributed by atoms with Gasteiger partial charge in [-0.1, -0.05) is 0 Å². The van der Waals surface area contributed by atoms with E-state index in [-0.39, 0.29) is 5.60 Å². The molecule has 0 spiro atoms. The van der Waals surface area contributed by atoms with E-state index >= 15 is 0 Å². The fourth-order valence-corrected chi connectivity index (χ4v) is 1.26. The molecule has 2 N–H and O–H groups in total. The van der Waals surface area contributed by atoms with Gasteiger partial charge in [0.05, 0.1) is 16.6 Å². The van der Waals surface area contributed by atoms with E-state index in [0.29, 0.717) is 12.4 Å². The summed E-state index contributed by atoms with van der Waals surface area (Å²) in [6.07, 6.45) is 1.84. The lowest BCUT2D eigenvalue weighted by Crippen LogP contribution is -2.29. The van der Waals surface area contributed by atoms with Gasteiger partial charge in [0, 0.05) is 13.3 Å². The molecule has 0 saturated heterocycles. The van der Waals surface area contributed by atoms with Crippen LogP contribution < -0.4 is 5.73 Å². The van der Waals surface area contributed by atoms with E-state index in [1.807, 2.05) is 20.0 Å². The van der Waals surface area contributed by atoms with Gasteiger partial charge in [-0.15, -0.1) is 0 Å². The molecule has 0 atom stereocenters. The Kier molecular flexibility index (Phi) is 2.98. The van der Waals surface area contributed by atoms with Crippen LogP contribution in [0, 0.1) is 0 Å². The van der Waals surface area contributed by atoms with Crippen molar-refractivity contribution >= 4 is 21.7 Å². The summed E-state index contributed by atoms with van der Waals surface area (Å²) in [5, 5.41) is 4.11. The summed E-state index contributed by atoms with van der Waals surface area (Å²) in [7, 11) is 1.68. The number of rotatable bonds is 3. The molecule has 1 rings (SSSR count). The maximum absolute atomic E-state index is 5.58. The highest BCUT2D eigenvalue weighted by Gasteiger charge is 2.18. The second-order valence-corrected chi connectivity index (χ2v) is 4.38. The van der Waals surface area contributed by atoms with Crippen molar-refractivity contribution in [3.05, 3.63) is 10.7 Å². The Balaban J connectivity index is 2.75. The second-order valence-electron chi connectivity index (χ2n) is 3.52. The molecular weight excluding hydrogens is 234 g/mol. The lowest BCUT2D eigenvalue weighted by molar-refractivity contribution is 0.00547. The smallest absolute Gasteiger partial charge is 0.159 e. The van der Waals surface area contributed by atoms with Gasteiger partial charge in [-0.05, 0) is 29.8 Å². The first kappa shape index (κ1) is 10.5. The van der Waals surface area contributed by atoms with Crippen LogP contribution in [0.15, 0.2) is 10.7 Å². The second kappa shape index (κ2) is 3.67. The Bertz CT molecular complexity index is 276. The van der Waals surface area contributed by atoms with Crippen LogP contribution in [0.3, 0.4) is 0 Å². The van der Waals surface area contributed by atoms with Crippen molar-refractivity contribution < 1.29 is 4.74 Å². The topological polar surface area (TPSA) is 53.1 Å². The molecule has 0 fully saturated rings. The maximum atomic E-state index is 5.58. The zero-order valence-electron chi connectivity index (χ0n) is 8.04. The highest BCUT2D eigenvalue weighted by Crippen LogP contribution is 2.18. The fraction of sp³-hybridized carbons (Fsp3) is 0.625. The SMILES string of the molecule is COC(C)(C)Cn1cc(Br)c(N)n1. The molecule has 0 aromatic carbocycles. The largest absolute Gasteiger partial charge is 0.381 e. The van der Waals surface area contributed by atoms with Gasteiger partial charge in [0.1, 0.15) is 0 Å². The normalized spacial score (nSPS) is 12.0. The number of nitrogens with zero attached hydrogens (tertiary/aromatic N) is 2. The van der Waals surface area contributed by atoms with Crippen LogP contribution in [0.1, 0.15) is 13.8 Å². The minimum atomic E-state index is -0.224. The molecular formula is C8H14BrN3O. The van der Waals surface area contributed by atoms with Crippen molar-refractivity contribution in [1.29, 1.82) is 0 Å². The Morgan fingerprint density at radius 1 is 1.69 bits per heavy atom. The van der Waals surface area contributed by atoms with Crippen molar-refractivity contribution in [2.45, 2.75) is 26.0 Å². The molecule has 13 heavy (non-hydrogen) atoms. The molecule has 5 heteroatoms. The number of hydrogen-bond donors (Lipinski definition) is 1. The standard InChI is InChI=1S/C8H14BrN3O/c1-8(2,13-3)5-12-4-6(9)7(10)11-12/h4H,5H2,1-3H3,(H2,10,11). The van der Waals surface area contributed by atoms with Gasteiger partial charge in [-0.2, -0.15) is 5.10 Å². The molecule has 0 radical (unpaired) electrons. The Hall–Kier alpha value is -0.550. The van der Waals surface area contributed by atoms with E-state index < -0.39 is 0 Å². The lowest BCUT2D eigenvalue weighted by atomic mass is 10.1. The first-order chi connectivity index (χ1) is 5.94. The highest BCUT2D eigenvalue weighted by molar-refractivity contribution is 9.10. The Morgan fingerprint density at radius 3 is 2.69 bits per heavy atom. The van der Waals surface area contributed by atoms with Crippen LogP contribution in [-0.2, 0) is 11.3 Å². The molecule has 1 heterocycles. The molecule has 0 bridgehead atoms. The fourth-order valence-electron chi connectivity index (χ4n) is 0.948. The monoisotopic (exact) mass is 247 g/mol. The van der Waals surface area contributed by atoms with Gasteiger partial charge < -0.3 is 10.5 Å². The maximum Gasteiger partial charge on any atom is 0.159 e. The first-order valence-corrected chi connectivity index (χ1v) is 4.77. The lowest BCUT2D eigenvalue weighted by Gasteiger charge is -2.22. The predicted octanol–water partition coefficient (Wildman–Crippen LogP) is 1.65. The summed E-state index contributed by atoms with van der Waals surface area (Å²) in [6, 6.07) is 0. The van der Waals surface area contributed by atoms with Crippen molar-refractivity contribution in [1.82, 2.24) is 9.78 Å². The van der Waals surface area contributed by atoms with E-state index in [1.54, 1.807) is 11.8 Å². The quantitative estimate of drug-likeness (QED) is 0.884. The van der Waals surface area contributed by atoms with Crippen molar-refractivity contribution in [2.24, 2.45) is 0 Å². The van der Waals surface area contributed by atoms with Crippen LogP contribution in [0.5, 0.6) is 0 Å². The van der Waals surface area contributed by atoms with Crippen LogP contribution >= 0.6 is 15.9 Å². The van der Waals surface area contributed by atoms with Gasteiger partial charge in [-0.3, -0.25) is 4.68 Å². The molecule has 0 unspecified atom stereocenters. The van der Waals surface area contributed by atoms with Crippen LogP contribution in [0.4, 0.5) is 5.82 Å². The third-order valence-corrected chi connectivity index (χ3v) is 2.45. The number of nitrogens with two attached hydrogens (primary N) is 1. The van der Waals surface area contributed by atoms with Gasteiger partial charge in [0.25, 0.3) is 0 Å². The summed E-state index contributed by atoms with van der Waals surface area (Å²) < 4.78 is 7.86. The zero-order valence-corrected chi connectivity index (χ0v) is 9.63. The number of hydrogen-bond acceptors (Lipinski definition) is 3. The van der Waals surface area contributed by atoms with E-state index in [9.17, 15) is 0 Å². The highest BCUT2D eigenvalue weighted by atomic mass is 79.9. The summed E-state index contributed by atoms with van der Waals surface area (Å²) in [4.78, 5) is 0. The molecule has 1 aromatic heterocycles. The number of nitrogen functional groups attached to an aromatic ring is 1. The average molecular weight is 248 g/mol. The predicted molar refractivity (Wildman–Crippen MR) is 55.4 cm³/mol. The van der Waals surface area contributed by atoms with Gasteiger partial charge in [0.2, 0.25) is 0 Å². The van der Waals surface area contributed by atoms with E-state index in [4.69, 9.17) is 10.5 Å². The minimum absolute atomic E-state index is 0.224. The number of methoxy groups -OCH3 is 1. The summed E-state index contributed by atoms with van der Waals surface area (Å²) in [6.45, 7) is 4.68. The molecule has 4 nitrogen and oxygen atoms in total. The number of halogens is 1. The average Bonchev–Trinajstić information content (AvgIpc) is 2.30. The van der Waals surface area contributed by atoms with Crippen molar-refractivity contribution in [3.63, 3.8) is 0 Å². The molecule has 0 amide bonds. The third kappa shape index (κ3) is 2.70. The Morgan fingerprint density at radius 2 is 2.31 bits per heavy atom. The summed E-state index contributed by atoms with van der Waals surface area (Å²) >= 11 is 3.30. The van der Waals surface area contributed by atoms with Crippen LogP contribution in [0.25, 0.3) is 0 Å². The third-order valence-electron chi connectivity index (χ3n) is 1.84. The summed E-state index contributed by atoms with van der Waals surface area (Å²) in [5.41, 5.74) is 5.36. The molecule has 0 aliphatic rings.